The zero-order valence-electron chi connectivity index (χ0n) is 10.1. The maximum Gasteiger partial charge on any atom is 0.433 e. The monoisotopic (exact) mass is 379 g/mol. The molecule has 0 saturated heterocycles. The number of benzene rings is 1. The average molecular weight is 381 g/mol. The molecule has 0 saturated carbocycles. The first kappa shape index (κ1) is 15.2. The van der Waals surface area contributed by atoms with E-state index in [9.17, 15) is 10.1 Å². The fourth-order valence-corrected chi connectivity index (χ4v) is 2.89. The Morgan fingerprint density at radius 2 is 2.05 bits per heavy atom. The van der Waals surface area contributed by atoms with Gasteiger partial charge in [-0.1, -0.05) is 39.1 Å². The summed E-state index contributed by atoms with van der Waals surface area (Å²) in [6.07, 6.45) is 0. The third-order valence-corrected chi connectivity index (χ3v) is 4.15. The van der Waals surface area contributed by atoms with Gasteiger partial charge in [-0.05, 0) is 17.7 Å². The van der Waals surface area contributed by atoms with Crippen LogP contribution in [0.1, 0.15) is 16.2 Å². The predicted octanol–water partition coefficient (Wildman–Crippen LogP) is 4.99. The molecule has 0 amide bonds. The Labute approximate surface area is 132 Å². The van der Waals surface area contributed by atoms with E-state index >= 15 is 0 Å². The van der Waals surface area contributed by atoms with Crippen LogP contribution in [0, 0.1) is 10.1 Å². The lowest BCUT2D eigenvalue weighted by molar-refractivity contribution is -0.402. The largest absolute Gasteiger partial charge is 0.495 e. The van der Waals surface area contributed by atoms with E-state index in [1.54, 1.807) is 12.1 Å². The molecule has 0 spiro atoms. The zero-order chi connectivity index (χ0) is 14.9. The topological polar surface area (TPSA) is 65.5 Å². The Morgan fingerprint density at radius 3 is 2.60 bits per heavy atom. The second kappa shape index (κ2) is 6.03. The van der Waals surface area contributed by atoms with E-state index in [4.69, 9.17) is 32.4 Å². The van der Waals surface area contributed by atoms with Gasteiger partial charge < -0.3 is 9.15 Å². The molecule has 0 aliphatic rings. The second-order valence-corrected chi connectivity index (χ2v) is 5.53. The maximum absolute atomic E-state index is 10.6. The van der Waals surface area contributed by atoms with Crippen LogP contribution in [-0.2, 0) is 0 Å². The molecule has 2 aromatic rings. The van der Waals surface area contributed by atoms with Gasteiger partial charge in [0.2, 0.25) is 0 Å². The normalized spacial score (nSPS) is 12.2. The van der Waals surface area contributed by atoms with Crippen molar-refractivity contribution in [3.8, 4) is 5.75 Å². The Hall–Kier alpha value is -1.24. The molecule has 1 atom stereocenters. The molecule has 0 aliphatic carbocycles. The molecule has 1 aromatic heterocycles. The quantitative estimate of drug-likeness (QED) is 0.425. The molecular weight excluding hydrogens is 373 g/mol. The number of nitrogens with zero attached hydrogens (tertiary/aromatic N) is 1. The van der Waals surface area contributed by atoms with Crippen molar-refractivity contribution in [2.75, 3.05) is 7.11 Å². The molecule has 1 aromatic carbocycles. The van der Waals surface area contributed by atoms with Crippen LogP contribution >= 0.6 is 39.1 Å². The van der Waals surface area contributed by atoms with Crippen molar-refractivity contribution < 1.29 is 14.1 Å². The van der Waals surface area contributed by atoms with Crippen LogP contribution in [0.25, 0.3) is 0 Å². The van der Waals surface area contributed by atoms with Gasteiger partial charge in [0.15, 0.2) is 0 Å². The summed E-state index contributed by atoms with van der Waals surface area (Å²) in [5.74, 6) is 0.477. The van der Waals surface area contributed by atoms with E-state index in [1.807, 2.05) is 0 Å². The van der Waals surface area contributed by atoms with Crippen LogP contribution in [0.15, 0.2) is 28.7 Å². The number of rotatable bonds is 4. The lowest BCUT2D eigenvalue weighted by Crippen LogP contribution is -1.94. The van der Waals surface area contributed by atoms with Gasteiger partial charge in [-0.3, -0.25) is 10.1 Å². The molecular formula is C12H8BrCl2NO4. The van der Waals surface area contributed by atoms with Gasteiger partial charge in [-0.15, -0.1) is 0 Å². The molecule has 0 bridgehead atoms. The Bertz CT molecular complexity index is 659. The molecule has 5 nitrogen and oxygen atoms in total. The van der Waals surface area contributed by atoms with Gasteiger partial charge in [0, 0.05) is 11.1 Å². The summed E-state index contributed by atoms with van der Waals surface area (Å²) in [6.45, 7) is 0. The standard InChI is InChI=1S/C12H8BrCl2NO4/c1-19-10-5-7(14)6(4-8(10)15)12(13)9-2-3-11(20-9)16(17)18/h2-5,12H,1H3. The van der Waals surface area contributed by atoms with Crippen LogP contribution in [0.2, 0.25) is 10.0 Å². The molecule has 106 valence electrons. The van der Waals surface area contributed by atoms with Crippen LogP contribution in [0.4, 0.5) is 5.88 Å². The lowest BCUT2D eigenvalue weighted by atomic mass is 10.1. The highest BCUT2D eigenvalue weighted by Gasteiger charge is 2.22. The highest BCUT2D eigenvalue weighted by Crippen LogP contribution is 2.41. The van der Waals surface area contributed by atoms with Crippen molar-refractivity contribution in [1.82, 2.24) is 0 Å². The molecule has 1 unspecified atom stereocenters. The summed E-state index contributed by atoms with van der Waals surface area (Å²) in [7, 11) is 1.48. The molecule has 1 heterocycles. The minimum absolute atomic E-state index is 0.333. The second-order valence-electron chi connectivity index (χ2n) is 3.80. The van der Waals surface area contributed by atoms with E-state index < -0.39 is 9.75 Å². The van der Waals surface area contributed by atoms with Gasteiger partial charge in [-0.25, -0.2) is 0 Å². The van der Waals surface area contributed by atoms with Crippen molar-refractivity contribution in [3.63, 3.8) is 0 Å². The van der Waals surface area contributed by atoms with Gasteiger partial charge in [0.05, 0.1) is 23.0 Å². The Morgan fingerprint density at radius 1 is 1.35 bits per heavy atom. The number of nitro groups is 1. The number of methoxy groups -OCH3 is 1. The average Bonchev–Trinajstić information content (AvgIpc) is 2.90. The summed E-state index contributed by atoms with van der Waals surface area (Å²) in [5, 5.41) is 11.4. The van der Waals surface area contributed by atoms with Crippen LogP contribution in [0.5, 0.6) is 5.75 Å². The summed E-state index contributed by atoms with van der Waals surface area (Å²) in [4.78, 5) is 9.55. The van der Waals surface area contributed by atoms with Crippen molar-refractivity contribution >= 4 is 45.0 Å². The summed E-state index contributed by atoms with van der Waals surface area (Å²) >= 11 is 15.6. The first-order valence-electron chi connectivity index (χ1n) is 5.35. The van der Waals surface area contributed by atoms with Crippen molar-refractivity contribution in [2.24, 2.45) is 0 Å². The van der Waals surface area contributed by atoms with E-state index in [0.717, 1.165) is 0 Å². The number of hydrogen-bond donors (Lipinski definition) is 0. The third-order valence-electron chi connectivity index (χ3n) is 2.59. The fourth-order valence-electron chi connectivity index (χ4n) is 1.62. The van der Waals surface area contributed by atoms with E-state index in [1.165, 1.54) is 19.2 Å². The van der Waals surface area contributed by atoms with Crippen LogP contribution in [0.3, 0.4) is 0 Å². The maximum atomic E-state index is 10.6. The highest BCUT2D eigenvalue weighted by atomic mass is 79.9. The van der Waals surface area contributed by atoms with Gasteiger partial charge in [-0.2, -0.15) is 0 Å². The number of alkyl halides is 1. The summed E-state index contributed by atoms with van der Waals surface area (Å²) < 4.78 is 10.2. The SMILES string of the molecule is COc1cc(Cl)c(C(Br)c2ccc([N+](=O)[O-])o2)cc1Cl. The third kappa shape index (κ3) is 2.92. The van der Waals surface area contributed by atoms with Crippen molar-refractivity contribution in [3.05, 3.63) is 55.7 Å². The minimum Gasteiger partial charge on any atom is -0.495 e. The van der Waals surface area contributed by atoms with Gasteiger partial charge >= 0.3 is 5.88 Å². The van der Waals surface area contributed by atoms with Gasteiger partial charge in [0.1, 0.15) is 16.4 Å². The lowest BCUT2D eigenvalue weighted by Gasteiger charge is -2.12. The summed E-state index contributed by atoms with van der Waals surface area (Å²) in [5.41, 5.74) is 0.627. The van der Waals surface area contributed by atoms with Crippen molar-refractivity contribution in [1.29, 1.82) is 0 Å². The van der Waals surface area contributed by atoms with Crippen LogP contribution < -0.4 is 4.74 Å². The smallest absolute Gasteiger partial charge is 0.433 e. The molecule has 2 rings (SSSR count). The first-order chi connectivity index (χ1) is 9.43. The molecule has 0 radical (unpaired) electrons. The number of halogens is 3. The van der Waals surface area contributed by atoms with E-state index in [2.05, 4.69) is 15.9 Å². The Balaban J connectivity index is 2.39. The minimum atomic E-state index is -0.605. The number of hydrogen-bond acceptors (Lipinski definition) is 4. The van der Waals surface area contributed by atoms with E-state index in [0.29, 0.717) is 27.1 Å². The predicted molar refractivity (Wildman–Crippen MR) is 79.1 cm³/mol. The van der Waals surface area contributed by atoms with Crippen molar-refractivity contribution in [2.45, 2.75) is 4.83 Å². The van der Waals surface area contributed by atoms with E-state index in [-0.39, 0.29) is 5.88 Å². The molecule has 20 heavy (non-hydrogen) atoms. The zero-order valence-corrected chi connectivity index (χ0v) is 13.2. The van der Waals surface area contributed by atoms with Crippen LogP contribution in [-0.4, -0.2) is 12.0 Å². The number of ether oxygens (including phenoxy) is 1. The Kier molecular flexibility index (Phi) is 4.57. The molecule has 8 heteroatoms. The highest BCUT2D eigenvalue weighted by molar-refractivity contribution is 9.09. The molecule has 0 aliphatic heterocycles. The number of furan rings is 1. The first-order valence-corrected chi connectivity index (χ1v) is 7.02. The summed E-state index contributed by atoms with van der Waals surface area (Å²) in [6, 6.07) is 5.98. The van der Waals surface area contributed by atoms with Gasteiger partial charge in [0.25, 0.3) is 0 Å². The fraction of sp³-hybridized carbons (Fsp3) is 0.167. The molecule has 0 fully saturated rings. The molecule has 0 N–H and O–H groups in total.